The van der Waals surface area contributed by atoms with Gasteiger partial charge in [-0.15, -0.1) is 0 Å². The van der Waals surface area contributed by atoms with E-state index in [2.05, 4.69) is 0 Å². The second-order valence-corrected chi connectivity index (χ2v) is 3.61. The molecule has 3 nitrogen and oxygen atoms in total. The highest BCUT2D eigenvalue weighted by Crippen LogP contribution is 2.38. The summed E-state index contributed by atoms with van der Waals surface area (Å²) in [5.41, 5.74) is 0. The molecule has 2 unspecified atom stereocenters. The second kappa shape index (κ2) is 3.70. The largest absolute Gasteiger partial charge is 0.481 e. The van der Waals surface area contributed by atoms with Crippen LogP contribution in [-0.4, -0.2) is 23.2 Å². The van der Waals surface area contributed by atoms with Crippen LogP contribution in [0.25, 0.3) is 0 Å². The Labute approximate surface area is 85.6 Å². The van der Waals surface area contributed by atoms with E-state index in [0.29, 0.717) is 0 Å². The van der Waals surface area contributed by atoms with Gasteiger partial charge in [0.15, 0.2) is 5.06 Å². The topological polar surface area (TPSA) is 46.5 Å². The van der Waals surface area contributed by atoms with Gasteiger partial charge >= 0.3 is 5.97 Å². The molecule has 5 heteroatoms. The molecule has 13 heavy (non-hydrogen) atoms. The summed E-state index contributed by atoms with van der Waals surface area (Å²) in [7, 11) is 1.34. The lowest BCUT2D eigenvalue weighted by Gasteiger charge is -2.30. The van der Waals surface area contributed by atoms with Crippen molar-refractivity contribution >= 4 is 29.2 Å². The van der Waals surface area contributed by atoms with Crippen LogP contribution in [0.5, 0.6) is 0 Å². The predicted molar refractivity (Wildman–Crippen MR) is 49.8 cm³/mol. The predicted octanol–water partition coefficient (Wildman–Crippen LogP) is 1.96. The summed E-state index contributed by atoms with van der Waals surface area (Å²) < 4.78 is 4.90. The van der Waals surface area contributed by atoms with E-state index in [1.807, 2.05) is 0 Å². The zero-order valence-electron chi connectivity index (χ0n) is 6.83. The highest BCUT2D eigenvalue weighted by Gasteiger charge is 2.43. The van der Waals surface area contributed by atoms with Crippen LogP contribution in [0.4, 0.5) is 0 Å². The summed E-state index contributed by atoms with van der Waals surface area (Å²) in [5, 5.41) is 7.63. The van der Waals surface area contributed by atoms with Crippen LogP contribution in [0.3, 0.4) is 0 Å². The number of alkyl halides is 1. The van der Waals surface area contributed by atoms with E-state index in [1.165, 1.54) is 19.3 Å². The van der Waals surface area contributed by atoms with Gasteiger partial charge in [0.1, 0.15) is 5.92 Å². The Balaban J connectivity index is 3.06. The summed E-state index contributed by atoms with van der Waals surface area (Å²) in [5.74, 6) is -2.16. The quantitative estimate of drug-likeness (QED) is 0.728. The number of methoxy groups -OCH3 is 1. The molecule has 0 saturated heterocycles. The Kier molecular flexibility index (Phi) is 3.01. The van der Waals surface area contributed by atoms with E-state index in [9.17, 15) is 4.79 Å². The van der Waals surface area contributed by atoms with Crippen LogP contribution in [0, 0.1) is 5.92 Å². The molecule has 0 radical (unpaired) electrons. The third kappa shape index (κ3) is 1.88. The summed E-state index contributed by atoms with van der Waals surface area (Å²) in [6, 6.07) is 0. The average Bonchev–Trinajstić information content (AvgIpc) is 2.03. The van der Waals surface area contributed by atoms with E-state index >= 15 is 0 Å². The summed E-state index contributed by atoms with van der Waals surface area (Å²) in [4.78, 5) is 10.8. The fraction of sp³-hybridized carbons (Fsp3) is 0.375. The normalized spacial score (nSPS) is 32.8. The number of carbonyl (C=O) groups is 1. The van der Waals surface area contributed by atoms with Gasteiger partial charge in [-0.3, -0.25) is 4.79 Å². The lowest BCUT2D eigenvalue weighted by Crippen LogP contribution is -2.39. The molecule has 0 saturated carbocycles. The number of ether oxygens (including phenoxy) is 1. The standard InChI is InChI=1S/C8H8Cl2O3/c1-13-8(10)4-2-3-5(9)6(8)7(11)12/h2-4,6H,1H3,(H,11,12). The molecule has 0 heterocycles. The summed E-state index contributed by atoms with van der Waals surface area (Å²) >= 11 is 11.6. The molecule has 0 aromatic heterocycles. The number of allylic oxidation sites excluding steroid dienone is 2. The lowest BCUT2D eigenvalue weighted by molar-refractivity contribution is -0.144. The van der Waals surface area contributed by atoms with E-state index in [0.717, 1.165) is 0 Å². The maximum absolute atomic E-state index is 10.8. The SMILES string of the molecule is COC1(Cl)C=CC=C(Cl)C1C(=O)O. The van der Waals surface area contributed by atoms with E-state index < -0.39 is 16.9 Å². The molecule has 1 aliphatic rings. The zero-order valence-corrected chi connectivity index (χ0v) is 8.34. The van der Waals surface area contributed by atoms with E-state index in [1.54, 1.807) is 6.08 Å². The van der Waals surface area contributed by atoms with Gasteiger partial charge < -0.3 is 9.84 Å². The fourth-order valence-electron chi connectivity index (χ4n) is 1.12. The van der Waals surface area contributed by atoms with Gasteiger partial charge in [0.25, 0.3) is 0 Å². The van der Waals surface area contributed by atoms with Gasteiger partial charge in [0, 0.05) is 12.1 Å². The van der Waals surface area contributed by atoms with Crippen LogP contribution in [0.2, 0.25) is 0 Å². The van der Waals surface area contributed by atoms with Crippen molar-refractivity contribution in [1.82, 2.24) is 0 Å². The number of hydrogen-bond donors (Lipinski definition) is 1. The Morgan fingerprint density at radius 1 is 1.77 bits per heavy atom. The summed E-state index contributed by atoms with van der Waals surface area (Å²) in [6.45, 7) is 0. The lowest BCUT2D eigenvalue weighted by atomic mass is 9.96. The number of carboxylic acid groups (broad SMARTS) is 1. The molecule has 1 aliphatic carbocycles. The molecule has 0 aliphatic heterocycles. The average molecular weight is 223 g/mol. The zero-order chi connectivity index (χ0) is 10.1. The Hall–Kier alpha value is -0.510. The van der Waals surface area contributed by atoms with Crippen LogP contribution < -0.4 is 0 Å². The van der Waals surface area contributed by atoms with Crippen molar-refractivity contribution < 1.29 is 14.6 Å². The Morgan fingerprint density at radius 2 is 2.38 bits per heavy atom. The molecular formula is C8H8Cl2O3. The first-order valence-corrected chi connectivity index (χ1v) is 4.28. The minimum Gasteiger partial charge on any atom is -0.481 e. The van der Waals surface area contributed by atoms with Crippen molar-refractivity contribution in [2.24, 2.45) is 5.92 Å². The van der Waals surface area contributed by atoms with E-state index in [-0.39, 0.29) is 5.03 Å². The summed E-state index contributed by atoms with van der Waals surface area (Å²) in [6.07, 6.45) is 4.51. The minimum atomic E-state index is -1.38. The number of carboxylic acids is 1. The third-order valence-corrected chi connectivity index (χ3v) is 2.65. The molecular weight excluding hydrogens is 215 g/mol. The van der Waals surface area contributed by atoms with Gasteiger partial charge in [0.05, 0.1) is 0 Å². The van der Waals surface area contributed by atoms with E-state index in [4.69, 9.17) is 33.0 Å². The van der Waals surface area contributed by atoms with Crippen LogP contribution >= 0.6 is 23.2 Å². The van der Waals surface area contributed by atoms with Gasteiger partial charge in [-0.2, -0.15) is 0 Å². The Morgan fingerprint density at radius 3 is 2.77 bits per heavy atom. The minimum absolute atomic E-state index is 0.159. The molecule has 0 aromatic rings. The van der Waals surface area contributed by atoms with Crippen molar-refractivity contribution in [2.45, 2.75) is 5.06 Å². The monoisotopic (exact) mass is 222 g/mol. The van der Waals surface area contributed by atoms with Crippen molar-refractivity contribution in [1.29, 1.82) is 0 Å². The molecule has 0 bridgehead atoms. The first-order chi connectivity index (χ1) is 6.01. The maximum Gasteiger partial charge on any atom is 0.316 e. The third-order valence-electron chi connectivity index (χ3n) is 1.81. The Bertz CT molecular complexity index is 285. The highest BCUT2D eigenvalue weighted by atomic mass is 35.5. The number of halogens is 2. The van der Waals surface area contributed by atoms with Crippen LogP contribution in [0.1, 0.15) is 0 Å². The number of hydrogen-bond acceptors (Lipinski definition) is 2. The van der Waals surface area contributed by atoms with Crippen LogP contribution in [0.15, 0.2) is 23.3 Å². The highest BCUT2D eigenvalue weighted by molar-refractivity contribution is 6.34. The number of rotatable bonds is 2. The number of aliphatic carboxylic acids is 1. The molecule has 2 atom stereocenters. The fourth-order valence-corrected chi connectivity index (χ4v) is 1.79. The molecule has 1 rings (SSSR count). The molecule has 0 aromatic carbocycles. The van der Waals surface area contributed by atoms with Gasteiger partial charge in [-0.25, -0.2) is 0 Å². The first-order valence-electron chi connectivity index (χ1n) is 3.53. The molecule has 0 spiro atoms. The van der Waals surface area contributed by atoms with Gasteiger partial charge in [-0.1, -0.05) is 29.3 Å². The van der Waals surface area contributed by atoms with Crippen molar-refractivity contribution in [3.8, 4) is 0 Å². The molecule has 1 N–H and O–H groups in total. The van der Waals surface area contributed by atoms with Gasteiger partial charge in [0.2, 0.25) is 0 Å². The molecule has 72 valence electrons. The van der Waals surface area contributed by atoms with Gasteiger partial charge in [-0.05, 0) is 12.2 Å². The maximum atomic E-state index is 10.8. The smallest absolute Gasteiger partial charge is 0.316 e. The van der Waals surface area contributed by atoms with Crippen LogP contribution in [-0.2, 0) is 9.53 Å². The molecule has 0 fully saturated rings. The second-order valence-electron chi connectivity index (χ2n) is 2.58. The van der Waals surface area contributed by atoms with Crippen molar-refractivity contribution in [3.05, 3.63) is 23.3 Å². The van der Waals surface area contributed by atoms with Crippen molar-refractivity contribution in [2.75, 3.05) is 7.11 Å². The first kappa shape index (κ1) is 10.6. The molecule has 0 amide bonds. The van der Waals surface area contributed by atoms with Crippen molar-refractivity contribution in [3.63, 3.8) is 0 Å².